The third-order valence-electron chi connectivity index (χ3n) is 6.54. The first-order valence-electron chi connectivity index (χ1n) is 11.0. The molecule has 8 heteroatoms. The Balaban J connectivity index is 1.23. The van der Waals surface area contributed by atoms with E-state index in [4.69, 9.17) is 0 Å². The molecule has 4 rings (SSSR count). The summed E-state index contributed by atoms with van der Waals surface area (Å²) in [5.41, 5.74) is 2.38. The fourth-order valence-corrected chi connectivity index (χ4v) is 4.51. The summed E-state index contributed by atoms with van der Waals surface area (Å²) in [5.74, 6) is -0.124. The Hall–Kier alpha value is -2.90. The van der Waals surface area contributed by atoms with Gasteiger partial charge >= 0.3 is 0 Å². The van der Waals surface area contributed by atoms with Gasteiger partial charge in [-0.3, -0.25) is 14.3 Å². The van der Waals surface area contributed by atoms with Gasteiger partial charge in [0.1, 0.15) is 11.5 Å². The number of nitrogens with zero attached hydrogens (tertiary/aromatic N) is 4. The minimum absolute atomic E-state index is 0.0302. The van der Waals surface area contributed by atoms with Crippen molar-refractivity contribution >= 4 is 17.5 Å². The Morgan fingerprint density at radius 1 is 1.03 bits per heavy atom. The molecule has 2 heterocycles. The average Bonchev–Trinajstić information content (AvgIpc) is 3.13. The molecule has 1 N–H and O–H groups in total. The van der Waals surface area contributed by atoms with Crippen molar-refractivity contribution in [2.24, 2.45) is 13.0 Å². The molecule has 1 aliphatic carbocycles. The van der Waals surface area contributed by atoms with Gasteiger partial charge in [-0.25, -0.2) is 4.39 Å². The highest BCUT2D eigenvalue weighted by atomic mass is 19.1. The number of piperazine rings is 1. The molecule has 0 unspecified atom stereocenters. The van der Waals surface area contributed by atoms with Gasteiger partial charge in [0.25, 0.3) is 5.91 Å². The predicted octanol–water partition coefficient (Wildman–Crippen LogP) is 2.51. The Morgan fingerprint density at radius 3 is 2.26 bits per heavy atom. The fourth-order valence-electron chi connectivity index (χ4n) is 4.51. The van der Waals surface area contributed by atoms with Crippen LogP contribution >= 0.6 is 0 Å². The molecule has 166 valence electrons. The van der Waals surface area contributed by atoms with E-state index in [0.29, 0.717) is 18.8 Å². The quantitative estimate of drug-likeness (QED) is 0.814. The molecular formula is C23H30FN5O2. The van der Waals surface area contributed by atoms with Crippen LogP contribution in [0.3, 0.4) is 0 Å². The zero-order chi connectivity index (χ0) is 22.0. The van der Waals surface area contributed by atoms with Gasteiger partial charge < -0.3 is 15.1 Å². The molecule has 31 heavy (non-hydrogen) atoms. The van der Waals surface area contributed by atoms with E-state index in [0.717, 1.165) is 50.2 Å². The van der Waals surface area contributed by atoms with Crippen molar-refractivity contribution in [3.63, 3.8) is 0 Å². The summed E-state index contributed by atoms with van der Waals surface area (Å²) in [6, 6.07) is 8.40. The Morgan fingerprint density at radius 2 is 1.68 bits per heavy atom. The molecule has 1 aromatic heterocycles. The zero-order valence-corrected chi connectivity index (χ0v) is 18.2. The number of anilines is 1. The number of nitrogens with one attached hydrogen (secondary N) is 1. The van der Waals surface area contributed by atoms with Crippen LogP contribution in [0, 0.1) is 18.7 Å². The lowest BCUT2D eigenvalue weighted by Gasteiger charge is -2.38. The highest BCUT2D eigenvalue weighted by Crippen LogP contribution is 2.27. The maximum Gasteiger partial charge on any atom is 0.272 e. The van der Waals surface area contributed by atoms with Crippen molar-refractivity contribution in [3.8, 4) is 0 Å². The minimum atomic E-state index is -0.237. The Kier molecular flexibility index (Phi) is 6.25. The van der Waals surface area contributed by atoms with Gasteiger partial charge in [-0.1, -0.05) is 0 Å². The number of benzene rings is 1. The minimum Gasteiger partial charge on any atom is -0.368 e. The van der Waals surface area contributed by atoms with E-state index >= 15 is 0 Å². The summed E-state index contributed by atoms with van der Waals surface area (Å²) >= 11 is 0. The molecule has 0 radical (unpaired) electrons. The summed E-state index contributed by atoms with van der Waals surface area (Å²) < 4.78 is 14.8. The van der Waals surface area contributed by atoms with Crippen LogP contribution in [0.15, 0.2) is 30.3 Å². The second-order valence-electron chi connectivity index (χ2n) is 8.61. The van der Waals surface area contributed by atoms with Gasteiger partial charge in [0.15, 0.2) is 0 Å². The monoisotopic (exact) mass is 427 g/mol. The van der Waals surface area contributed by atoms with Crippen molar-refractivity contribution in [2.45, 2.75) is 38.6 Å². The van der Waals surface area contributed by atoms with Crippen molar-refractivity contribution < 1.29 is 14.0 Å². The Labute approximate surface area is 182 Å². The second kappa shape index (κ2) is 9.08. The Bertz CT molecular complexity index is 906. The number of rotatable bonds is 4. The van der Waals surface area contributed by atoms with Gasteiger partial charge in [-0.05, 0) is 62.9 Å². The molecule has 2 fully saturated rings. The first-order valence-corrected chi connectivity index (χ1v) is 11.0. The summed E-state index contributed by atoms with van der Waals surface area (Å²) in [5, 5.41) is 7.30. The number of hydrogen-bond acceptors (Lipinski definition) is 4. The summed E-state index contributed by atoms with van der Waals surface area (Å²) in [7, 11) is 1.82. The number of hydrogen-bond donors (Lipinski definition) is 1. The fraction of sp³-hybridized carbons (Fsp3) is 0.522. The lowest BCUT2D eigenvalue weighted by atomic mass is 9.85. The lowest BCUT2D eigenvalue weighted by Crippen LogP contribution is -2.51. The van der Waals surface area contributed by atoms with Crippen LogP contribution in [-0.2, 0) is 11.8 Å². The predicted molar refractivity (Wildman–Crippen MR) is 116 cm³/mol. The molecule has 2 aromatic rings. The molecule has 1 saturated carbocycles. The van der Waals surface area contributed by atoms with E-state index in [1.807, 2.05) is 18.9 Å². The molecule has 2 aliphatic rings. The van der Waals surface area contributed by atoms with E-state index < -0.39 is 0 Å². The van der Waals surface area contributed by atoms with E-state index in [-0.39, 0.29) is 29.6 Å². The summed E-state index contributed by atoms with van der Waals surface area (Å²) in [6.45, 7) is 4.80. The van der Waals surface area contributed by atoms with E-state index in [1.54, 1.807) is 22.9 Å². The van der Waals surface area contributed by atoms with Crippen LogP contribution in [0.5, 0.6) is 0 Å². The molecule has 7 nitrogen and oxygen atoms in total. The highest BCUT2D eigenvalue weighted by Gasteiger charge is 2.32. The number of amides is 2. The number of carbonyl (C=O) groups excluding carboxylic acids is 2. The van der Waals surface area contributed by atoms with Gasteiger partial charge in [-0.2, -0.15) is 5.10 Å². The van der Waals surface area contributed by atoms with Crippen LogP contribution in [0.25, 0.3) is 0 Å². The van der Waals surface area contributed by atoms with Crippen LogP contribution < -0.4 is 10.2 Å². The molecule has 0 spiro atoms. The van der Waals surface area contributed by atoms with Gasteiger partial charge in [-0.15, -0.1) is 0 Å². The number of aromatic nitrogens is 2. The number of carbonyl (C=O) groups is 2. The molecule has 2 amide bonds. The van der Waals surface area contributed by atoms with Crippen LogP contribution in [0.1, 0.15) is 41.9 Å². The van der Waals surface area contributed by atoms with Gasteiger partial charge in [0.05, 0.1) is 0 Å². The summed E-state index contributed by atoms with van der Waals surface area (Å²) in [6.07, 6.45) is 3.21. The summed E-state index contributed by atoms with van der Waals surface area (Å²) in [4.78, 5) is 29.6. The van der Waals surface area contributed by atoms with E-state index in [9.17, 15) is 14.0 Å². The first-order chi connectivity index (χ1) is 14.9. The van der Waals surface area contributed by atoms with Crippen LogP contribution in [0.2, 0.25) is 0 Å². The highest BCUT2D eigenvalue weighted by molar-refractivity contribution is 5.92. The average molecular weight is 428 g/mol. The molecule has 0 atom stereocenters. The second-order valence-corrected chi connectivity index (χ2v) is 8.61. The van der Waals surface area contributed by atoms with E-state index in [2.05, 4.69) is 15.3 Å². The molecule has 0 bridgehead atoms. The third-order valence-corrected chi connectivity index (χ3v) is 6.54. The van der Waals surface area contributed by atoms with Crippen molar-refractivity contribution in [3.05, 3.63) is 47.5 Å². The third kappa shape index (κ3) is 4.89. The number of aryl methyl sites for hydroxylation is 2. The van der Waals surface area contributed by atoms with Crippen molar-refractivity contribution in [1.82, 2.24) is 20.0 Å². The molecular weight excluding hydrogens is 397 g/mol. The maximum atomic E-state index is 13.1. The smallest absolute Gasteiger partial charge is 0.272 e. The van der Waals surface area contributed by atoms with Crippen molar-refractivity contribution in [1.29, 1.82) is 0 Å². The van der Waals surface area contributed by atoms with Gasteiger partial charge in [0, 0.05) is 56.6 Å². The molecule has 1 saturated heterocycles. The first kappa shape index (κ1) is 21.3. The van der Waals surface area contributed by atoms with Crippen LogP contribution in [-0.4, -0.2) is 58.7 Å². The van der Waals surface area contributed by atoms with Crippen molar-refractivity contribution in [2.75, 3.05) is 31.1 Å². The lowest BCUT2D eigenvalue weighted by molar-refractivity contribution is -0.137. The molecule has 1 aromatic carbocycles. The number of halogens is 1. The zero-order valence-electron chi connectivity index (χ0n) is 18.2. The maximum absolute atomic E-state index is 13.1. The largest absolute Gasteiger partial charge is 0.368 e. The van der Waals surface area contributed by atoms with Crippen LogP contribution in [0.4, 0.5) is 10.1 Å². The SMILES string of the molecule is Cc1cc(C(=O)NC2CCC(C(=O)N3CCN(c4ccc(F)cc4)CC3)CC2)nn1C. The topological polar surface area (TPSA) is 70.5 Å². The van der Waals surface area contributed by atoms with Gasteiger partial charge in [0.2, 0.25) is 5.91 Å². The normalized spacial score (nSPS) is 21.8. The van der Waals surface area contributed by atoms with E-state index in [1.165, 1.54) is 12.1 Å². The standard InChI is InChI=1S/C23H30FN5O2/c1-16-15-21(26-27(16)2)22(30)25-19-7-3-17(4-8-19)23(31)29-13-11-28(12-14-29)20-9-5-18(24)6-10-20/h5-6,9-10,15,17,19H,3-4,7-8,11-14H2,1-2H3,(H,25,30). The molecule has 1 aliphatic heterocycles.